The number of rotatable bonds is 6. The Kier molecular flexibility index (Phi) is 2.85. The van der Waals surface area contributed by atoms with Crippen LogP contribution in [0.5, 0.6) is 5.75 Å². The Morgan fingerprint density at radius 3 is 2.48 bits per heavy atom. The summed E-state index contributed by atoms with van der Waals surface area (Å²) < 4.78 is 147. The van der Waals surface area contributed by atoms with Crippen molar-refractivity contribution in [3.8, 4) is 5.75 Å². The van der Waals surface area contributed by atoms with Gasteiger partial charge in [-0.2, -0.15) is 13.2 Å². The van der Waals surface area contributed by atoms with Crippen LogP contribution in [0.15, 0.2) is 54.5 Å². The first-order valence-electron chi connectivity index (χ1n) is 12.4. The van der Waals surface area contributed by atoms with E-state index >= 15 is 0 Å². The third-order valence-electron chi connectivity index (χ3n) is 2.39. The van der Waals surface area contributed by atoms with Crippen LogP contribution in [-0.2, 0) is 6.18 Å². The molecule has 2 nitrogen and oxygen atoms in total. The molecule has 0 bridgehead atoms. The maximum atomic E-state index is 12.9. The van der Waals surface area contributed by atoms with Crippen LogP contribution in [0.4, 0.5) is 13.2 Å². The van der Waals surface area contributed by atoms with E-state index in [0.29, 0.717) is 24.3 Å². The minimum Gasteiger partial charge on any atom is -1.00 e. The fourth-order valence-corrected chi connectivity index (χ4v) is 1.43. The smallest absolute Gasteiger partial charge is 0.416 e. The number of benzene rings is 2. The van der Waals surface area contributed by atoms with E-state index in [2.05, 4.69) is 0 Å². The summed E-state index contributed by atoms with van der Waals surface area (Å²) in [5.41, 5.74) is -2.33. The molecule has 0 heterocycles. The van der Waals surface area contributed by atoms with Gasteiger partial charge in [-0.05, 0) is 29.8 Å². The van der Waals surface area contributed by atoms with Crippen molar-refractivity contribution < 1.29 is 53.5 Å². The molecule has 2 rings (SSSR count). The van der Waals surface area contributed by atoms with Crippen molar-refractivity contribution >= 4 is 0 Å². The van der Waals surface area contributed by atoms with E-state index in [0.717, 1.165) is 0 Å². The van der Waals surface area contributed by atoms with Crippen molar-refractivity contribution in [2.45, 2.75) is 18.6 Å². The van der Waals surface area contributed by atoms with Crippen molar-refractivity contribution in [3.63, 3.8) is 0 Å². The zero-order valence-corrected chi connectivity index (χ0v) is 12.1. The van der Waals surface area contributed by atoms with Crippen molar-refractivity contribution in [2.75, 3.05) is 13.5 Å². The van der Waals surface area contributed by atoms with Gasteiger partial charge in [-0.1, -0.05) is 30.2 Å². The predicted molar refractivity (Wildman–Crippen MR) is 78.6 cm³/mol. The molecule has 0 aliphatic carbocycles. The summed E-state index contributed by atoms with van der Waals surface area (Å²) in [6, 6.07) is -2.90. The third-order valence-corrected chi connectivity index (χ3v) is 2.39. The second-order valence-corrected chi connectivity index (χ2v) is 3.87. The van der Waals surface area contributed by atoms with E-state index in [1.54, 1.807) is 0 Å². The lowest BCUT2D eigenvalue weighted by Crippen LogP contribution is -3.00. The Bertz CT molecular complexity index is 1080. The summed E-state index contributed by atoms with van der Waals surface area (Å²) in [6.07, 6.45) is -12.1. The highest BCUT2D eigenvalue weighted by Gasteiger charge is 2.30. The molecule has 6 heteroatoms. The van der Waals surface area contributed by atoms with Crippen molar-refractivity contribution in [3.05, 3.63) is 65.6 Å². The topological polar surface area (TPSA) is 25.8 Å². The molecule has 0 fully saturated rings. The van der Waals surface area contributed by atoms with E-state index in [1.165, 1.54) is 0 Å². The average molecular weight is 359 g/mol. The Hall–Kier alpha value is -1.72. The molecule has 126 valence electrons. The molecule has 2 aromatic rings. The van der Waals surface area contributed by atoms with E-state index in [1.807, 2.05) is 0 Å². The molecule has 2 N–H and O–H groups in total. The summed E-state index contributed by atoms with van der Waals surface area (Å²) in [7, 11) is 0. The first-order valence-corrected chi connectivity index (χ1v) is 5.87. The van der Waals surface area contributed by atoms with Gasteiger partial charge >= 0.3 is 6.18 Å². The van der Waals surface area contributed by atoms with Crippen LogP contribution in [-0.4, -0.2) is 13.5 Å². The molecule has 2 aromatic carbocycles. The highest BCUT2D eigenvalue weighted by atomic mass is 35.5. The molecular formula is C17H19ClF3NO. The second-order valence-electron chi connectivity index (χ2n) is 3.87. The van der Waals surface area contributed by atoms with Crippen LogP contribution < -0.4 is 22.5 Å². The van der Waals surface area contributed by atoms with Gasteiger partial charge in [0.1, 0.15) is 11.8 Å². The van der Waals surface area contributed by atoms with Gasteiger partial charge in [0.25, 0.3) is 0 Å². The molecule has 1 atom stereocenters. The van der Waals surface area contributed by atoms with Gasteiger partial charge in [0.05, 0.1) is 34.1 Å². The Morgan fingerprint density at radius 1 is 1.26 bits per heavy atom. The largest absolute Gasteiger partial charge is 1.00 e. The van der Waals surface area contributed by atoms with Crippen molar-refractivity contribution in [1.82, 2.24) is 0 Å². The van der Waals surface area contributed by atoms with Gasteiger partial charge < -0.3 is 22.5 Å². The van der Waals surface area contributed by atoms with E-state index in [9.17, 15) is 13.2 Å². The number of ether oxygens (including phenoxy) is 1. The molecule has 1 unspecified atom stereocenters. The Morgan fingerprint density at radius 2 is 1.91 bits per heavy atom. The van der Waals surface area contributed by atoms with E-state index < -0.39 is 79.2 Å². The standard InChI is InChI=1S/C17H18F3NO.ClH/c1-21-12-11-16(13-5-3-2-4-6-13)22-15-9-7-14(8-10-15)17(18,19)20;/h2-10,16,21H,11-12H2,1H3;1H/i1D3,2D,3D,4D,5D,6D,11D2,12D2,16D;. The molecule has 0 saturated carbocycles. The third kappa shape index (κ3) is 5.77. The van der Waals surface area contributed by atoms with Crippen LogP contribution >= 0.6 is 0 Å². The fraction of sp³-hybridized carbons (Fsp3) is 0.294. The molecule has 0 amide bonds. The molecule has 0 aliphatic heterocycles. The zero-order valence-electron chi connectivity index (χ0n) is 24.3. The molecule has 0 radical (unpaired) electrons. The lowest BCUT2D eigenvalue weighted by atomic mass is 10.1. The molecular weight excluding hydrogens is 327 g/mol. The lowest BCUT2D eigenvalue weighted by molar-refractivity contribution is -0.628. The number of alkyl halides is 3. The molecule has 0 spiro atoms. The number of nitrogens with two attached hydrogens (primary N) is 1. The highest BCUT2D eigenvalue weighted by molar-refractivity contribution is 5.30. The van der Waals surface area contributed by atoms with Crippen molar-refractivity contribution in [2.24, 2.45) is 0 Å². The Balaban J connectivity index is 0.00000648. The minimum atomic E-state index is -4.76. The molecule has 0 aliphatic rings. The van der Waals surface area contributed by atoms with Crippen LogP contribution in [0.2, 0.25) is 0 Å². The Labute approximate surface area is 158 Å². The maximum absolute atomic E-state index is 12.9. The normalized spacial score (nSPS) is 23.7. The van der Waals surface area contributed by atoms with Gasteiger partial charge in [-0.15, -0.1) is 0 Å². The van der Waals surface area contributed by atoms with Crippen molar-refractivity contribution in [1.29, 1.82) is 0 Å². The summed E-state index contributed by atoms with van der Waals surface area (Å²) in [5, 5.41) is -0.0469. The number of hydrogen-bond acceptors (Lipinski definition) is 1. The van der Waals surface area contributed by atoms with E-state index in [4.69, 9.17) is 22.6 Å². The van der Waals surface area contributed by atoms with Crippen LogP contribution in [0.25, 0.3) is 0 Å². The minimum absolute atomic E-state index is 0. The summed E-state index contributed by atoms with van der Waals surface area (Å²) in [5.74, 6) is -0.645. The first-order chi connectivity index (χ1) is 15.6. The fourth-order valence-electron chi connectivity index (χ4n) is 1.43. The average Bonchev–Trinajstić information content (AvgIpc) is 2.68. The summed E-state index contributed by atoms with van der Waals surface area (Å²) in [6.45, 7) is -6.71. The second kappa shape index (κ2) is 8.79. The SMILES string of the molecule is [2H]c1c([2H])c([2H])c(C([2H])(Oc2ccc(C(F)(F)F)cc2)C([2H])([2H])C([2H])([2H])[NH2+]C([2H])([2H])[2H])c([2H])c1[2H].[Cl-]. The zero-order chi connectivity index (χ0) is 27.4. The van der Waals surface area contributed by atoms with Gasteiger partial charge in [-0.3, -0.25) is 0 Å². The first kappa shape index (κ1) is 7.45. The predicted octanol–water partition coefficient (Wildman–Crippen LogP) is 0.413. The summed E-state index contributed by atoms with van der Waals surface area (Å²) >= 11 is 0. The van der Waals surface area contributed by atoms with Gasteiger partial charge in [0.2, 0.25) is 0 Å². The van der Waals surface area contributed by atoms with Crippen LogP contribution in [0, 0.1) is 0 Å². The number of quaternary nitrogens is 1. The van der Waals surface area contributed by atoms with E-state index in [-0.39, 0.29) is 17.7 Å². The molecule has 0 saturated heterocycles. The molecule has 0 aromatic heterocycles. The maximum Gasteiger partial charge on any atom is 0.416 e. The quantitative estimate of drug-likeness (QED) is 0.795. The lowest BCUT2D eigenvalue weighted by Gasteiger charge is -2.19. The van der Waals surface area contributed by atoms with Gasteiger partial charge in [0, 0.05) is 9.11 Å². The number of halogens is 4. The van der Waals surface area contributed by atoms with Crippen LogP contribution in [0.1, 0.15) is 41.4 Å². The van der Waals surface area contributed by atoms with Gasteiger partial charge in [-0.25, -0.2) is 0 Å². The summed E-state index contributed by atoms with van der Waals surface area (Å²) in [4.78, 5) is 0. The van der Waals surface area contributed by atoms with Gasteiger partial charge in [0.15, 0.2) is 0 Å². The monoisotopic (exact) mass is 358 g/mol. The number of hydrogen-bond donors (Lipinski definition) is 1. The molecule has 23 heavy (non-hydrogen) atoms. The highest BCUT2D eigenvalue weighted by Crippen LogP contribution is 2.31. The van der Waals surface area contributed by atoms with Crippen LogP contribution in [0.3, 0.4) is 0 Å².